The molecule has 2 N–H and O–H groups in total. The predicted octanol–water partition coefficient (Wildman–Crippen LogP) is 4.82. The molecular formula is C20H18N4OS. The summed E-state index contributed by atoms with van der Waals surface area (Å²) >= 11 is 1.53. The van der Waals surface area contributed by atoms with E-state index in [9.17, 15) is 4.79 Å². The first-order valence-electron chi connectivity index (χ1n) is 8.42. The van der Waals surface area contributed by atoms with E-state index in [2.05, 4.69) is 39.3 Å². The van der Waals surface area contributed by atoms with Gasteiger partial charge in [0.1, 0.15) is 5.69 Å². The predicted molar refractivity (Wildman–Crippen MR) is 105 cm³/mol. The molecule has 2 heterocycles. The largest absolute Gasteiger partial charge is 0.337 e. The fraction of sp³-hybridized carbons (Fsp3) is 0.150. The third kappa shape index (κ3) is 3.50. The lowest BCUT2D eigenvalue weighted by Crippen LogP contribution is -2.14. The maximum Gasteiger partial charge on any atom is 0.224 e. The number of thiazole rings is 1. The number of amides is 1. The molecule has 1 amide bonds. The molecule has 0 spiro atoms. The van der Waals surface area contributed by atoms with Gasteiger partial charge < -0.3 is 10.3 Å². The lowest BCUT2D eigenvalue weighted by molar-refractivity contribution is -0.116. The molecule has 4 aromatic rings. The van der Waals surface area contributed by atoms with Crippen LogP contribution in [0, 0.1) is 0 Å². The Balaban J connectivity index is 1.47. The van der Waals surface area contributed by atoms with E-state index in [0.717, 1.165) is 28.2 Å². The quantitative estimate of drug-likeness (QED) is 0.535. The van der Waals surface area contributed by atoms with E-state index in [1.807, 2.05) is 41.8 Å². The van der Waals surface area contributed by atoms with Crippen molar-refractivity contribution in [3.05, 3.63) is 65.0 Å². The first kappa shape index (κ1) is 16.5. The van der Waals surface area contributed by atoms with Gasteiger partial charge in [-0.3, -0.25) is 4.79 Å². The van der Waals surface area contributed by atoms with Crippen LogP contribution in [0.2, 0.25) is 0 Å². The molecule has 0 radical (unpaired) electrons. The lowest BCUT2D eigenvalue weighted by atomic mass is 9.97. The van der Waals surface area contributed by atoms with Crippen molar-refractivity contribution in [3.8, 4) is 11.5 Å². The highest BCUT2D eigenvalue weighted by molar-refractivity contribution is 7.07. The summed E-state index contributed by atoms with van der Waals surface area (Å²) in [6.07, 6.45) is 0.440. The Hall–Kier alpha value is -2.99. The standard InChI is InChI=1S/C20H18N4OS/c1-13(14-5-3-2-4-6-14)9-19(25)22-15-7-8-16-17(10-15)24-20(23-16)18-11-26-12-21-18/h2-8,10-13H,9H2,1H3,(H,22,25)(H,23,24)/t13-/m1/s1. The van der Waals surface area contributed by atoms with Gasteiger partial charge in [-0.1, -0.05) is 37.3 Å². The summed E-state index contributed by atoms with van der Waals surface area (Å²) in [5.41, 5.74) is 6.26. The zero-order valence-electron chi connectivity index (χ0n) is 14.3. The molecule has 5 nitrogen and oxygen atoms in total. The fourth-order valence-corrected chi connectivity index (χ4v) is 3.46. The first-order valence-corrected chi connectivity index (χ1v) is 9.36. The molecule has 130 valence electrons. The number of imidazole rings is 1. The van der Waals surface area contributed by atoms with Gasteiger partial charge in [0.05, 0.1) is 16.5 Å². The lowest BCUT2D eigenvalue weighted by Gasteiger charge is -2.12. The van der Waals surface area contributed by atoms with Crippen LogP contribution in [0.4, 0.5) is 5.69 Å². The van der Waals surface area contributed by atoms with Gasteiger partial charge in [-0.15, -0.1) is 11.3 Å². The van der Waals surface area contributed by atoms with Gasteiger partial charge in [-0.25, -0.2) is 9.97 Å². The Labute approximate surface area is 155 Å². The van der Waals surface area contributed by atoms with Crippen molar-refractivity contribution in [2.24, 2.45) is 0 Å². The molecule has 2 aromatic heterocycles. The minimum atomic E-state index is -0.0000527. The number of H-pyrrole nitrogens is 1. The third-order valence-corrected chi connectivity index (χ3v) is 4.89. The molecule has 0 saturated heterocycles. The van der Waals surface area contributed by atoms with E-state index in [0.29, 0.717) is 6.42 Å². The van der Waals surface area contributed by atoms with Crippen LogP contribution in [0.5, 0.6) is 0 Å². The number of nitrogens with zero attached hydrogens (tertiary/aromatic N) is 2. The van der Waals surface area contributed by atoms with E-state index in [-0.39, 0.29) is 11.8 Å². The SMILES string of the molecule is C[C@H](CC(=O)Nc1ccc2nc(-c3cscn3)[nH]c2c1)c1ccccc1. The van der Waals surface area contributed by atoms with Crippen LogP contribution in [0.25, 0.3) is 22.6 Å². The first-order chi connectivity index (χ1) is 12.7. The molecule has 0 aliphatic carbocycles. The molecule has 0 bridgehead atoms. The zero-order chi connectivity index (χ0) is 17.9. The summed E-state index contributed by atoms with van der Waals surface area (Å²) < 4.78 is 0. The highest BCUT2D eigenvalue weighted by atomic mass is 32.1. The second-order valence-electron chi connectivity index (χ2n) is 6.26. The maximum atomic E-state index is 12.4. The smallest absolute Gasteiger partial charge is 0.224 e. The highest BCUT2D eigenvalue weighted by Gasteiger charge is 2.12. The fourth-order valence-electron chi connectivity index (χ4n) is 2.93. The van der Waals surface area contributed by atoms with E-state index >= 15 is 0 Å². The monoisotopic (exact) mass is 362 g/mol. The summed E-state index contributed by atoms with van der Waals surface area (Å²) in [5, 5.41) is 4.93. The minimum Gasteiger partial charge on any atom is -0.337 e. The molecule has 2 aromatic carbocycles. The number of fused-ring (bicyclic) bond motifs is 1. The van der Waals surface area contributed by atoms with Crippen LogP contribution in [0.1, 0.15) is 24.8 Å². The Morgan fingerprint density at radius 1 is 1.23 bits per heavy atom. The zero-order valence-corrected chi connectivity index (χ0v) is 15.1. The number of rotatable bonds is 5. The van der Waals surface area contributed by atoms with E-state index in [1.165, 1.54) is 16.9 Å². The Bertz CT molecular complexity index is 1020. The van der Waals surface area contributed by atoms with Crippen molar-refractivity contribution >= 4 is 34.0 Å². The van der Waals surface area contributed by atoms with Crippen molar-refractivity contribution in [1.29, 1.82) is 0 Å². The van der Waals surface area contributed by atoms with Gasteiger partial charge >= 0.3 is 0 Å². The van der Waals surface area contributed by atoms with E-state index < -0.39 is 0 Å². The van der Waals surface area contributed by atoms with Crippen LogP contribution in [-0.4, -0.2) is 20.9 Å². The number of anilines is 1. The second kappa shape index (κ2) is 7.09. The van der Waals surface area contributed by atoms with E-state index in [4.69, 9.17) is 0 Å². The molecule has 26 heavy (non-hydrogen) atoms. The molecule has 0 saturated carbocycles. The highest BCUT2D eigenvalue weighted by Crippen LogP contribution is 2.24. The topological polar surface area (TPSA) is 70.7 Å². The van der Waals surface area contributed by atoms with Crippen LogP contribution in [-0.2, 0) is 4.79 Å². The van der Waals surface area contributed by atoms with Crippen molar-refractivity contribution in [3.63, 3.8) is 0 Å². The summed E-state index contributed by atoms with van der Waals surface area (Å²) in [4.78, 5) is 24.4. The second-order valence-corrected chi connectivity index (χ2v) is 6.97. The average molecular weight is 362 g/mol. The van der Waals surface area contributed by atoms with Crippen molar-refractivity contribution in [2.45, 2.75) is 19.3 Å². The summed E-state index contributed by atoms with van der Waals surface area (Å²) in [7, 11) is 0. The number of nitrogens with one attached hydrogen (secondary N) is 2. The number of carbonyl (C=O) groups is 1. The number of hydrogen-bond acceptors (Lipinski definition) is 4. The number of hydrogen-bond donors (Lipinski definition) is 2. The minimum absolute atomic E-state index is 0.0000527. The van der Waals surface area contributed by atoms with Crippen LogP contribution < -0.4 is 5.32 Å². The Morgan fingerprint density at radius 3 is 2.85 bits per heavy atom. The molecule has 4 rings (SSSR count). The summed E-state index contributed by atoms with van der Waals surface area (Å²) in [6.45, 7) is 2.06. The van der Waals surface area contributed by atoms with Gasteiger partial charge in [0.15, 0.2) is 5.82 Å². The molecule has 6 heteroatoms. The van der Waals surface area contributed by atoms with Crippen LogP contribution >= 0.6 is 11.3 Å². The van der Waals surface area contributed by atoms with Crippen molar-refractivity contribution < 1.29 is 4.79 Å². The van der Waals surface area contributed by atoms with Gasteiger partial charge in [0.25, 0.3) is 0 Å². The molecule has 0 aliphatic heterocycles. The van der Waals surface area contributed by atoms with Gasteiger partial charge in [-0.2, -0.15) is 0 Å². The number of aromatic amines is 1. The average Bonchev–Trinajstić information content (AvgIpc) is 3.31. The molecular weight excluding hydrogens is 344 g/mol. The molecule has 0 fully saturated rings. The maximum absolute atomic E-state index is 12.4. The number of benzene rings is 2. The van der Waals surface area contributed by atoms with Gasteiger partial charge in [0, 0.05) is 17.5 Å². The summed E-state index contributed by atoms with van der Waals surface area (Å²) in [5.74, 6) is 0.908. The van der Waals surface area contributed by atoms with Crippen LogP contribution in [0.3, 0.4) is 0 Å². The third-order valence-electron chi connectivity index (χ3n) is 4.30. The molecule has 1 atom stereocenters. The van der Waals surface area contributed by atoms with Crippen molar-refractivity contribution in [1.82, 2.24) is 15.0 Å². The van der Waals surface area contributed by atoms with E-state index in [1.54, 1.807) is 5.51 Å². The van der Waals surface area contributed by atoms with Gasteiger partial charge in [-0.05, 0) is 29.7 Å². The Kier molecular flexibility index (Phi) is 4.50. The Morgan fingerprint density at radius 2 is 2.08 bits per heavy atom. The number of aromatic nitrogens is 3. The molecule has 0 unspecified atom stereocenters. The van der Waals surface area contributed by atoms with Crippen molar-refractivity contribution in [2.75, 3.05) is 5.32 Å². The van der Waals surface area contributed by atoms with Gasteiger partial charge in [0.2, 0.25) is 5.91 Å². The summed E-state index contributed by atoms with van der Waals surface area (Å²) in [6, 6.07) is 15.8. The molecule has 0 aliphatic rings. The van der Waals surface area contributed by atoms with Crippen LogP contribution in [0.15, 0.2) is 59.4 Å². The number of carbonyl (C=O) groups excluding carboxylic acids is 1. The normalized spacial score (nSPS) is 12.2.